The van der Waals surface area contributed by atoms with E-state index in [0.717, 1.165) is 11.3 Å². The monoisotopic (exact) mass is 325 g/mol. The van der Waals surface area contributed by atoms with Crippen LogP contribution in [0.1, 0.15) is 25.8 Å². The van der Waals surface area contributed by atoms with E-state index in [9.17, 15) is 18.3 Å². The van der Waals surface area contributed by atoms with Gasteiger partial charge < -0.3 is 9.84 Å². The van der Waals surface area contributed by atoms with Gasteiger partial charge in [0.2, 0.25) is 10.0 Å². The molecule has 22 heavy (non-hydrogen) atoms. The Kier molecular flexibility index (Phi) is 3.45. The van der Waals surface area contributed by atoms with E-state index in [4.69, 9.17) is 4.74 Å². The molecular formula is C15H19NO5S. The molecule has 1 N–H and O–H groups in total. The zero-order valence-electron chi connectivity index (χ0n) is 12.6. The van der Waals surface area contributed by atoms with Crippen molar-refractivity contribution < 1.29 is 23.1 Å². The Hall–Kier alpha value is -1.60. The van der Waals surface area contributed by atoms with Crippen LogP contribution in [0.25, 0.3) is 0 Å². The maximum Gasteiger partial charge on any atom is 0.310 e. The van der Waals surface area contributed by atoms with Crippen LogP contribution < -0.4 is 4.74 Å². The molecule has 0 aromatic heterocycles. The Morgan fingerprint density at radius 3 is 2.82 bits per heavy atom. The van der Waals surface area contributed by atoms with Crippen LogP contribution in [0.2, 0.25) is 0 Å². The molecule has 2 aliphatic rings. The lowest BCUT2D eigenvalue weighted by atomic mass is 9.90. The molecule has 1 saturated heterocycles. The number of carbonyl (C=O) groups is 1. The van der Waals surface area contributed by atoms with E-state index in [1.165, 1.54) is 10.4 Å². The summed E-state index contributed by atoms with van der Waals surface area (Å²) in [6.45, 7) is 3.76. The average Bonchev–Trinajstić information content (AvgIpc) is 3.01. The van der Waals surface area contributed by atoms with Crippen LogP contribution in [0.5, 0.6) is 5.75 Å². The fourth-order valence-electron chi connectivity index (χ4n) is 3.01. The van der Waals surface area contributed by atoms with Gasteiger partial charge in [-0.15, -0.1) is 0 Å². The van der Waals surface area contributed by atoms with Gasteiger partial charge in [-0.25, -0.2) is 8.42 Å². The standard InChI is InChI=1S/C15H19NO5S/c1-10-7-11-8-12(3-4-13(11)21-10)22(19,20)16-6-5-15(2,9-16)14(17)18/h3-4,8,10H,5-7,9H2,1-2H3,(H,17,18). The van der Waals surface area contributed by atoms with Gasteiger partial charge in [-0.2, -0.15) is 4.31 Å². The highest BCUT2D eigenvalue weighted by Crippen LogP contribution is 2.36. The molecule has 6 nitrogen and oxygen atoms in total. The molecule has 2 atom stereocenters. The van der Waals surface area contributed by atoms with Crippen LogP contribution in [0.4, 0.5) is 0 Å². The van der Waals surface area contributed by atoms with Gasteiger partial charge in [0.25, 0.3) is 0 Å². The van der Waals surface area contributed by atoms with Crippen molar-refractivity contribution in [3.8, 4) is 5.75 Å². The van der Waals surface area contributed by atoms with Crippen molar-refractivity contribution in [3.05, 3.63) is 23.8 Å². The molecular weight excluding hydrogens is 306 g/mol. The van der Waals surface area contributed by atoms with Crippen LogP contribution in [0, 0.1) is 5.41 Å². The Morgan fingerprint density at radius 1 is 1.45 bits per heavy atom. The number of hydrogen-bond acceptors (Lipinski definition) is 4. The van der Waals surface area contributed by atoms with Gasteiger partial charge in [0.05, 0.1) is 10.3 Å². The van der Waals surface area contributed by atoms with E-state index < -0.39 is 21.4 Å². The second kappa shape index (κ2) is 4.96. The van der Waals surface area contributed by atoms with Crippen molar-refractivity contribution in [1.82, 2.24) is 4.31 Å². The van der Waals surface area contributed by atoms with Crippen molar-refractivity contribution in [2.75, 3.05) is 13.1 Å². The highest BCUT2D eigenvalue weighted by molar-refractivity contribution is 7.89. The Morgan fingerprint density at radius 2 is 2.18 bits per heavy atom. The summed E-state index contributed by atoms with van der Waals surface area (Å²) >= 11 is 0. The lowest BCUT2D eigenvalue weighted by Crippen LogP contribution is -2.34. The molecule has 120 valence electrons. The molecule has 0 amide bonds. The topological polar surface area (TPSA) is 83.9 Å². The smallest absolute Gasteiger partial charge is 0.310 e. The summed E-state index contributed by atoms with van der Waals surface area (Å²) in [5.74, 6) is -0.232. The van der Waals surface area contributed by atoms with Gasteiger partial charge in [0, 0.05) is 19.5 Å². The van der Waals surface area contributed by atoms with E-state index in [-0.39, 0.29) is 24.1 Å². The van der Waals surface area contributed by atoms with Crippen molar-refractivity contribution >= 4 is 16.0 Å². The van der Waals surface area contributed by atoms with Gasteiger partial charge in [-0.05, 0) is 44.0 Å². The molecule has 2 aliphatic heterocycles. The normalized spacial score (nSPS) is 28.4. The van der Waals surface area contributed by atoms with Gasteiger partial charge >= 0.3 is 5.97 Å². The molecule has 1 aromatic carbocycles. The van der Waals surface area contributed by atoms with Crippen molar-refractivity contribution in [2.45, 2.75) is 37.7 Å². The second-order valence-corrected chi connectivity index (χ2v) is 8.29. The first-order valence-corrected chi connectivity index (χ1v) is 8.69. The summed E-state index contributed by atoms with van der Waals surface area (Å²) in [5.41, 5.74) is -0.129. The third kappa shape index (κ3) is 2.38. The first-order chi connectivity index (χ1) is 10.2. The van der Waals surface area contributed by atoms with Crippen LogP contribution in [-0.4, -0.2) is 43.0 Å². The van der Waals surface area contributed by atoms with Gasteiger partial charge in [-0.3, -0.25) is 4.79 Å². The summed E-state index contributed by atoms with van der Waals surface area (Å²) in [6.07, 6.45) is 1.06. The predicted octanol–water partition coefficient (Wildman–Crippen LogP) is 1.50. The number of rotatable bonds is 3. The first kappa shape index (κ1) is 15.3. The summed E-state index contributed by atoms with van der Waals surface area (Å²) in [5, 5.41) is 9.24. The molecule has 7 heteroatoms. The molecule has 2 unspecified atom stereocenters. The highest BCUT2D eigenvalue weighted by Gasteiger charge is 2.45. The summed E-state index contributed by atoms with van der Waals surface area (Å²) in [6, 6.07) is 4.85. The van der Waals surface area contributed by atoms with E-state index in [1.54, 1.807) is 19.1 Å². The van der Waals surface area contributed by atoms with E-state index in [2.05, 4.69) is 0 Å². The minimum atomic E-state index is -3.67. The minimum absolute atomic E-state index is 0.00859. The van der Waals surface area contributed by atoms with E-state index >= 15 is 0 Å². The van der Waals surface area contributed by atoms with E-state index in [1.807, 2.05) is 6.92 Å². The third-order valence-electron chi connectivity index (χ3n) is 4.46. The van der Waals surface area contributed by atoms with Crippen molar-refractivity contribution in [1.29, 1.82) is 0 Å². The van der Waals surface area contributed by atoms with Crippen LogP contribution >= 0.6 is 0 Å². The van der Waals surface area contributed by atoms with Crippen LogP contribution in [-0.2, 0) is 21.2 Å². The van der Waals surface area contributed by atoms with E-state index in [0.29, 0.717) is 12.8 Å². The lowest BCUT2D eigenvalue weighted by molar-refractivity contribution is -0.146. The Bertz CT molecular complexity index is 729. The maximum absolute atomic E-state index is 12.7. The second-order valence-electron chi connectivity index (χ2n) is 6.36. The number of fused-ring (bicyclic) bond motifs is 1. The molecule has 2 heterocycles. The number of ether oxygens (including phenoxy) is 1. The summed E-state index contributed by atoms with van der Waals surface area (Å²) in [7, 11) is -3.67. The van der Waals surface area contributed by atoms with Crippen molar-refractivity contribution in [3.63, 3.8) is 0 Å². The number of carboxylic acids is 1. The Labute approximate surface area is 129 Å². The number of carboxylic acid groups (broad SMARTS) is 1. The fraction of sp³-hybridized carbons (Fsp3) is 0.533. The molecule has 0 aliphatic carbocycles. The molecule has 3 rings (SSSR count). The fourth-order valence-corrected chi connectivity index (χ4v) is 4.62. The first-order valence-electron chi connectivity index (χ1n) is 7.25. The molecule has 0 saturated carbocycles. The Balaban J connectivity index is 1.89. The molecule has 1 fully saturated rings. The number of hydrogen-bond donors (Lipinski definition) is 1. The van der Waals surface area contributed by atoms with Gasteiger partial charge in [0.1, 0.15) is 11.9 Å². The zero-order chi connectivity index (χ0) is 16.1. The predicted molar refractivity (Wildman–Crippen MR) is 79.4 cm³/mol. The lowest BCUT2D eigenvalue weighted by Gasteiger charge is -2.20. The van der Waals surface area contributed by atoms with Crippen molar-refractivity contribution in [2.24, 2.45) is 5.41 Å². The molecule has 1 aromatic rings. The number of sulfonamides is 1. The number of aliphatic carboxylic acids is 1. The molecule has 0 radical (unpaired) electrons. The highest BCUT2D eigenvalue weighted by atomic mass is 32.2. The van der Waals surface area contributed by atoms with Gasteiger partial charge in [-0.1, -0.05) is 0 Å². The largest absolute Gasteiger partial charge is 0.490 e. The minimum Gasteiger partial charge on any atom is -0.490 e. The number of benzene rings is 1. The summed E-state index contributed by atoms with van der Waals surface area (Å²) < 4.78 is 32.3. The average molecular weight is 325 g/mol. The molecule has 0 bridgehead atoms. The van der Waals surface area contributed by atoms with Crippen LogP contribution in [0.15, 0.2) is 23.1 Å². The third-order valence-corrected chi connectivity index (χ3v) is 6.30. The maximum atomic E-state index is 12.7. The molecule has 0 spiro atoms. The number of nitrogens with zero attached hydrogens (tertiary/aromatic N) is 1. The SMILES string of the molecule is CC1Cc2cc(S(=O)(=O)N3CCC(C)(C(=O)O)C3)ccc2O1. The quantitative estimate of drug-likeness (QED) is 0.910. The van der Waals surface area contributed by atoms with Gasteiger partial charge in [0.15, 0.2) is 0 Å². The van der Waals surface area contributed by atoms with Crippen LogP contribution in [0.3, 0.4) is 0 Å². The summed E-state index contributed by atoms with van der Waals surface area (Å²) in [4.78, 5) is 11.5. The zero-order valence-corrected chi connectivity index (χ0v) is 13.4.